The van der Waals surface area contributed by atoms with E-state index >= 15 is 0 Å². The van der Waals surface area contributed by atoms with Crippen molar-refractivity contribution >= 4 is 27.2 Å². The van der Waals surface area contributed by atoms with Crippen molar-refractivity contribution < 1.29 is 12.8 Å². The largest absolute Gasteiger partial charge is 0.392 e. The molecule has 0 radical (unpaired) electrons. The number of benzene rings is 1. The zero-order valence-electron chi connectivity index (χ0n) is 9.89. The van der Waals surface area contributed by atoms with E-state index in [1.54, 1.807) is 13.0 Å². The van der Waals surface area contributed by atoms with Gasteiger partial charge in [0.1, 0.15) is 11.1 Å². The zero-order chi connectivity index (χ0) is 13.8. The summed E-state index contributed by atoms with van der Waals surface area (Å²) >= 11 is 4.71. The van der Waals surface area contributed by atoms with E-state index < -0.39 is 21.1 Å². The van der Waals surface area contributed by atoms with Gasteiger partial charge < -0.3 is 5.73 Å². The van der Waals surface area contributed by atoms with Crippen LogP contribution >= 0.6 is 12.2 Å². The fourth-order valence-electron chi connectivity index (χ4n) is 1.50. The van der Waals surface area contributed by atoms with Gasteiger partial charge in [-0.1, -0.05) is 31.3 Å². The molecule has 0 spiro atoms. The van der Waals surface area contributed by atoms with Crippen LogP contribution in [0.4, 0.5) is 4.39 Å². The quantitative estimate of drug-likeness (QED) is 0.775. The molecule has 4 nitrogen and oxygen atoms in total. The van der Waals surface area contributed by atoms with E-state index in [4.69, 9.17) is 18.0 Å². The van der Waals surface area contributed by atoms with Crippen LogP contribution < -0.4 is 10.5 Å². The summed E-state index contributed by atoms with van der Waals surface area (Å²) in [6, 6.07) is 5.71. The number of halogens is 1. The summed E-state index contributed by atoms with van der Waals surface area (Å²) in [4.78, 5) is -0.0655. The second-order valence-electron chi connectivity index (χ2n) is 3.80. The van der Waals surface area contributed by atoms with E-state index in [2.05, 4.69) is 4.72 Å². The summed E-state index contributed by atoms with van der Waals surface area (Å²) in [6.07, 6.45) is 0.299. The average molecular weight is 290 g/mol. The molecule has 18 heavy (non-hydrogen) atoms. The monoisotopic (exact) mass is 290 g/mol. The van der Waals surface area contributed by atoms with Gasteiger partial charge in [-0.05, 0) is 24.1 Å². The van der Waals surface area contributed by atoms with E-state index in [9.17, 15) is 12.8 Å². The summed E-state index contributed by atoms with van der Waals surface area (Å²) in [5, 5.41) is -0.902. The van der Waals surface area contributed by atoms with E-state index in [1.165, 1.54) is 18.2 Å². The molecule has 1 rings (SSSR count). The van der Waals surface area contributed by atoms with E-state index in [0.29, 0.717) is 12.0 Å². The van der Waals surface area contributed by atoms with Crippen molar-refractivity contribution in [3.05, 3.63) is 35.6 Å². The molecule has 0 fully saturated rings. The predicted octanol–water partition coefficient (Wildman–Crippen LogP) is 1.31. The van der Waals surface area contributed by atoms with Crippen molar-refractivity contribution in [3.63, 3.8) is 0 Å². The number of rotatable bonds is 6. The van der Waals surface area contributed by atoms with Gasteiger partial charge in [0.05, 0.1) is 4.99 Å². The molecule has 0 heterocycles. The molecule has 0 saturated heterocycles. The number of thiocarbonyl (C=S) groups is 1. The van der Waals surface area contributed by atoms with Crippen molar-refractivity contribution in [1.29, 1.82) is 0 Å². The maximum absolute atomic E-state index is 12.9. The third-order valence-electron chi connectivity index (χ3n) is 2.43. The predicted molar refractivity (Wildman–Crippen MR) is 73.0 cm³/mol. The lowest BCUT2D eigenvalue weighted by Crippen LogP contribution is -2.41. The minimum Gasteiger partial charge on any atom is -0.392 e. The van der Waals surface area contributed by atoms with Crippen LogP contribution in [0.2, 0.25) is 0 Å². The normalized spacial score (nSPS) is 13.2. The lowest BCUT2D eigenvalue weighted by Gasteiger charge is -2.15. The first-order chi connectivity index (χ1) is 8.36. The van der Waals surface area contributed by atoms with Crippen LogP contribution in [-0.2, 0) is 16.6 Å². The van der Waals surface area contributed by atoms with Gasteiger partial charge in [0.25, 0.3) is 0 Å². The van der Waals surface area contributed by atoms with Crippen molar-refractivity contribution in [2.45, 2.75) is 25.1 Å². The van der Waals surface area contributed by atoms with Gasteiger partial charge in [0.15, 0.2) is 0 Å². The molecule has 3 N–H and O–H groups in total. The maximum atomic E-state index is 12.9. The van der Waals surface area contributed by atoms with Crippen LogP contribution in [0.25, 0.3) is 0 Å². The molecule has 1 aromatic carbocycles. The van der Waals surface area contributed by atoms with Crippen LogP contribution in [0.15, 0.2) is 24.3 Å². The van der Waals surface area contributed by atoms with E-state index in [-0.39, 0.29) is 11.5 Å². The van der Waals surface area contributed by atoms with Gasteiger partial charge in [0, 0.05) is 6.54 Å². The summed E-state index contributed by atoms with van der Waals surface area (Å²) in [7, 11) is -3.62. The average Bonchev–Trinajstić information content (AvgIpc) is 2.26. The lowest BCUT2D eigenvalue weighted by molar-refractivity contribution is 0.573. The fourth-order valence-corrected chi connectivity index (χ4v) is 3.37. The molecule has 0 bridgehead atoms. The van der Waals surface area contributed by atoms with E-state index in [0.717, 1.165) is 0 Å². The minimum absolute atomic E-state index is 0.0131. The lowest BCUT2D eigenvalue weighted by atomic mass is 10.2. The molecular weight excluding hydrogens is 275 g/mol. The number of sulfonamides is 1. The smallest absolute Gasteiger partial charge is 0.221 e. The molecule has 1 aromatic rings. The molecule has 0 saturated carbocycles. The van der Waals surface area contributed by atoms with Crippen molar-refractivity contribution in [2.24, 2.45) is 5.73 Å². The Labute approximate surface area is 111 Å². The van der Waals surface area contributed by atoms with Gasteiger partial charge in [-0.25, -0.2) is 17.5 Å². The highest BCUT2D eigenvalue weighted by Gasteiger charge is 2.25. The first-order valence-electron chi connectivity index (χ1n) is 5.39. The van der Waals surface area contributed by atoms with Crippen molar-refractivity contribution in [1.82, 2.24) is 4.72 Å². The number of nitrogens with two attached hydrogens (primary N) is 1. The van der Waals surface area contributed by atoms with Gasteiger partial charge in [-0.3, -0.25) is 0 Å². The molecule has 1 unspecified atom stereocenters. The van der Waals surface area contributed by atoms with Gasteiger partial charge >= 0.3 is 0 Å². The second-order valence-corrected chi connectivity index (χ2v) is 6.21. The molecule has 0 aliphatic rings. The molecule has 1 atom stereocenters. The Morgan fingerprint density at radius 3 is 2.72 bits per heavy atom. The SMILES string of the molecule is CCC(C(N)=S)S(=O)(=O)NCc1cccc(F)c1. The standard InChI is InChI=1S/C11H15FN2O2S2/c1-2-10(11(13)17)18(15,16)14-7-8-4-3-5-9(12)6-8/h3-6,10,14H,2,7H2,1H3,(H2,13,17). The Bertz CT molecular complexity index is 532. The van der Waals surface area contributed by atoms with Crippen molar-refractivity contribution in [2.75, 3.05) is 0 Å². The third-order valence-corrected chi connectivity index (χ3v) is 4.75. The number of hydrogen-bond donors (Lipinski definition) is 2. The topological polar surface area (TPSA) is 72.2 Å². The molecule has 100 valence electrons. The number of hydrogen-bond acceptors (Lipinski definition) is 3. The first kappa shape index (κ1) is 15.0. The Kier molecular flexibility index (Phi) is 5.18. The molecular formula is C11H15FN2O2S2. The van der Waals surface area contributed by atoms with Crippen LogP contribution in [0, 0.1) is 5.82 Å². The Hall–Kier alpha value is -1.05. The van der Waals surface area contributed by atoms with E-state index in [1.807, 2.05) is 0 Å². The highest BCUT2D eigenvalue weighted by Crippen LogP contribution is 2.08. The third kappa shape index (κ3) is 4.01. The molecule has 0 aliphatic heterocycles. The van der Waals surface area contributed by atoms with Crippen LogP contribution in [-0.4, -0.2) is 18.7 Å². The Morgan fingerprint density at radius 2 is 2.22 bits per heavy atom. The molecule has 0 amide bonds. The van der Waals surface area contributed by atoms with Crippen LogP contribution in [0.3, 0.4) is 0 Å². The van der Waals surface area contributed by atoms with Gasteiger partial charge in [-0.15, -0.1) is 0 Å². The highest BCUT2D eigenvalue weighted by molar-refractivity contribution is 7.93. The Morgan fingerprint density at radius 1 is 1.56 bits per heavy atom. The summed E-state index contributed by atoms with van der Waals surface area (Å²) < 4.78 is 39.1. The summed E-state index contributed by atoms with van der Waals surface area (Å²) in [5.74, 6) is -0.409. The van der Waals surface area contributed by atoms with Gasteiger partial charge in [-0.2, -0.15) is 0 Å². The maximum Gasteiger partial charge on any atom is 0.221 e. The summed E-state index contributed by atoms with van der Waals surface area (Å²) in [6.45, 7) is 1.70. The summed E-state index contributed by atoms with van der Waals surface area (Å²) in [5.41, 5.74) is 5.92. The zero-order valence-corrected chi connectivity index (χ0v) is 11.5. The van der Waals surface area contributed by atoms with Crippen LogP contribution in [0.1, 0.15) is 18.9 Å². The second kappa shape index (κ2) is 6.21. The molecule has 7 heteroatoms. The Balaban J connectivity index is 2.76. The van der Waals surface area contributed by atoms with Crippen molar-refractivity contribution in [3.8, 4) is 0 Å². The minimum atomic E-state index is -3.62. The van der Waals surface area contributed by atoms with Crippen LogP contribution in [0.5, 0.6) is 0 Å². The van der Waals surface area contributed by atoms with Gasteiger partial charge in [0.2, 0.25) is 10.0 Å². The first-order valence-corrected chi connectivity index (χ1v) is 7.34. The molecule has 0 aliphatic carbocycles. The molecule has 0 aromatic heterocycles. The number of nitrogens with one attached hydrogen (secondary N) is 1. The highest BCUT2D eigenvalue weighted by atomic mass is 32.2. The fraction of sp³-hybridized carbons (Fsp3) is 0.364.